The Morgan fingerprint density at radius 1 is 0.826 bits per heavy atom. The summed E-state index contributed by atoms with van der Waals surface area (Å²) in [5.41, 5.74) is 0.720. The topological polar surface area (TPSA) is 9.23 Å². The minimum Gasteiger partial charge on any atom is -0.408 e. The third-order valence-electron chi connectivity index (χ3n) is 3.32. The van der Waals surface area contributed by atoms with Gasteiger partial charge in [-0.3, -0.25) is 0 Å². The Balaban J connectivity index is 2.34. The zero-order valence-corrected chi connectivity index (χ0v) is 14.8. The molecule has 0 aliphatic heterocycles. The van der Waals surface area contributed by atoms with Gasteiger partial charge in [0.1, 0.15) is 0 Å². The van der Waals surface area contributed by atoms with E-state index in [4.69, 9.17) is 4.43 Å². The fourth-order valence-electron chi connectivity index (χ4n) is 2.05. The van der Waals surface area contributed by atoms with Crippen molar-refractivity contribution >= 4 is 29.4 Å². The van der Waals surface area contributed by atoms with Crippen LogP contribution in [0.15, 0.2) is 28.7 Å². The van der Waals surface area contributed by atoms with Gasteiger partial charge in [0.05, 0.1) is 6.61 Å². The molecule has 0 spiro atoms. The molecule has 0 saturated carbocycles. The van der Waals surface area contributed by atoms with Gasteiger partial charge in [-0.1, -0.05) is 28.1 Å². The number of hydrogen-bond donors (Lipinski definition) is 0. The molecule has 0 atom stereocenters. The van der Waals surface area contributed by atoms with E-state index < -0.39 is 42.6 Å². The quantitative estimate of drug-likeness (QED) is 0.305. The molecule has 0 bridgehead atoms. The number of hydrogen-bond acceptors (Lipinski definition) is 1. The van der Waals surface area contributed by atoms with E-state index in [9.17, 15) is 22.0 Å². The van der Waals surface area contributed by atoms with Crippen LogP contribution in [0.2, 0.25) is 13.1 Å². The summed E-state index contributed by atoms with van der Waals surface area (Å²) in [6.07, 6.45) is 0. The smallest absolute Gasteiger partial charge is 0.225 e. The summed E-state index contributed by atoms with van der Waals surface area (Å²) in [5.74, 6) is -9.72. The van der Waals surface area contributed by atoms with Gasteiger partial charge in [0.2, 0.25) is 14.1 Å². The van der Waals surface area contributed by atoms with Gasteiger partial charge in [-0.15, -0.1) is 0 Å². The highest BCUT2D eigenvalue weighted by Crippen LogP contribution is 2.21. The molecule has 0 N–H and O–H groups in total. The van der Waals surface area contributed by atoms with Crippen LogP contribution >= 0.6 is 15.9 Å². The summed E-state index contributed by atoms with van der Waals surface area (Å²) in [4.78, 5) is 0. The standard InChI is InChI=1S/C15H12BrF5OSi/c1-23(2,22-7-8-3-5-9(16)6-4-8)15-13(20)11(18)10(17)12(19)14(15)21/h3-6H,7H2,1-2H3. The highest BCUT2D eigenvalue weighted by molar-refractivity contribution is 9.10. The molecule has 1 nitrogen and oxygen atoms in total. The van der Waals surface area contributed by atoms with Gasteiger partial charge in [-0.2, -0.15) is 0 Å². The van der Waals surface area contributed by atoms with Gasteiger partial charge in [0.15, 0.2) is 23.3 Å². The molecule has 0 amide bonds. The maximum Gasteiger partial charge on any atom is 0.225 e. The highest BCUT2D eigenvalue weighted by Gasteiger charge is 2.38. The van der Waals surface area contributed by atoms with E-state index >= 15 is 0 Å². The Hall–Kier alpha value is -1.25. The summed E-state index contributed by atoms with van der Waals surface area (Å²) in [5, 5.41) is -0.856. The van der Waals surface area contributed by atoms with Crippen LogP contribution in [0, 0.1) is 29.1 Å². The van der Waals surface area contributed by atoms with Crippen LogP contribution in [0.4, 0.5) is 22.0 Å². The van der Waals surface area contributed by atoms with E-state index in [0.717, 1.165) is 10.0 Å². The third kappa shape index (κ3) is 3.64. The molecule has 0 aliphatic rings. The minimum absolute atomic E-state index is 0.00595. The Morgan fingerprint density at radius 3 is 1.74 bits per heavy atom. The maximum atomic E-state index is 13.9. The van der Waals surface area contributed by atoms with Crippen LogP contribution in [0.25, 0.3) is 0 Å². The molecule has 0 fully saturated rings. The molecule has 23 heavy (non-hydrogen) atoms. The summed E-state index contributed by atoms with van der Waals surface area (Å²) in [7, 11) is -3.36. The van der Waals surface area contributed by atoms with Gasteiger partial charge in [0.25, 0.3) is 0 Å². The Kier molecular flexibility index (Phi) is 5.27. The van der Waals surface area contributed by atoms with Crippen LogP contribution in [0.1, 0.15) is 5.56 Å². The number of benzene rings is 2. The first-order chi connectivity index (χ1) is 10.6. The number of halogens is 6. The second kappa shape index (κ2) is 6.70. The van der Waals surface area contributed by atoms with Gasteiger partial charge in [-0.25, -0.2) is 22.0 Å². The monoisotopic (exact) mass is 410 g/mol. The highest BCUT2D eigenvalue weighted by atomic mass is 79.9. The normalized spacial score (nSPS) is 11.8. The fourth-order valence-corrected chi connectivity index (χ4v) is 4.26. The molecule has 0 aromatic heterocycles. The Labute approximate surface area is 139 Å². The summed E-state index contributed by atoms with van der Waals surface area (Å²) < 4.78 is 74.0. The number of rotatable bonds is 4. The van der Waals surface area contributed by atoms with Gasteiger partial charge in [0, 0.05) is 9.66 Å². The second-order valence-corrected chi connectivity index (χ2v) is 10.1. The molecule has 2 aromatic carbocycles. The molecule has 0 unspecified atom stereocenters. The van der Waals surface area contributed by atoms with Crippen molar-refractivity contribution in [2.75, 3.05) is 0 Å². The van der Waals surface area contributed by atoms with E-state index in [1.54, 1.807) is 24.3 Å². The van der Waals surface area contributed by atoms with Crippen LogP contribution in [-0.2, 0) is 11.0 Å². The first kappa shape index (κ1) is 18.1. The zero-order valence-electron chi connectivity index (χ0n) is 12.2. The second-order valence-electron chi connectivity index (χ2n) is 5.37. The molecule has 0 saturated heterocycles. The summed E-state index contributed by atoms with van der Waals surface area (Å²) in [6, 6.07) is 6.97. The van der Waals surface area contributed by atoms with Crippen LogP contribution in [0.3, 0.4) is 0 Å². The predicted octanol–water partition coefficient (Wildman–Crippen LogP) is 4.77. The third-order valence-corrected chi connectivity index (χ3v) is 6.36. The van der Waals surface area contributed by atoms with Crippen LogP contribution < -0.4 is 5.19 Å². The first-order valence-corrected chi connectivity index (χ1v) is 10.3. The van der Waals surface area contributed by atoms with Crippen LogP contribution in [0.5, 0.6) is 0 Å². The van der Waals surface area contributed by atoms with E-state index in [1.165, 1.54) is 13.1 Å². The lowest BCUT2D eigenvalue weighted by atomic mass is 10.2. The zero-order chi connectivity index (χ0) is 17.4. The van der Waals surface area contributed by atoms with Crippen molar-refractivity contribution in [2.45, 2.75) is 19.7 Å². The SMILES string of the molecule is C[Si](C)(OCc1ccc(Br)cc1)c1c(F)c(F)c(F)c(F)c1F. The van der Waals surface area contributed by atoms with Gasteiger partial charge >= 0.3 is 0 Å². The lowest BCUT2D eigenvalue weighted by Gasteiger charge is -2.25. The Morgan fingerprint density at radius 2 is 1.26 bits per heavy atom. The Bertz CT molecular complexity index is 705. The minimum atomic E-state index is -3.36. The first-order valence-electron chi connectivity index (χ1n) is 6.55. The lowest BCUT2D eigenvalue weighted by Crippen LogP contribution is -2.49. The van der Waals surface area contributed by atoms with E-state index in [0.29, 0.717) is 0 Å². The van der Waals surface area contributed by atoms with Crippen molar-refractivity contribution in [1.29, 1.82) is 0 Å². The van der Waals surface area contributed by atoms with Crippen molar-refractivity contribution in [3.8, 4) is 0 Å². The summed E-state index contributed by atoms with van der Waals surface area (Å²) in [6.45, 7) is 2.76. The van der Waals surface area contributed by atoms with E-state index in [-0.39, 0.29) is 6.61 Å². The average Bonchev–Trinajstić information content (AvgIpc) is 2.50. The molecule has 0 radical (unpaired) electrons. The molecule has 0 heterocycles. The molecule has 0 aliphatic carbocycles. The molecule has 124 valence electrons. The average molecular weight is 411 g/mol. The molecule has 8 heteroatoms. The molecule has 2 aromatic rings. The van der Waals surface area contributed by atoms with Crippen LogP contribution in [-0.4, -0.2) is 8.32 Å². The molecule has 2 rings (SSSR count). The summed E-state index contributed by atoms with van der Waals surface area (Å²) >= 11 is 3.26. The van der Waals surface area contributed by atoms with E-state index in [2.05, 4.69) is 15.9 Å². The van der Waals surface area contributed by atoms with Gasteiger partial charge < -0.3 is 4.43 Å². The van der Waals surface area contributed by atoms with Crippen molar-refractivity contribution in [1.82, 2.24) is 0 Å². The van der Waals surface area contributed by atoms with Crippen molar-refractivity contribution in [2.24, 2.45) is 0 Å². The fraction of sp³-hybridized carbons (Fsp3) is 0.200. The van der Waals surface area contributed by atoms with Crippen molar-refractivity contribution < 1.29 is 26.4 Å². The van der Waals surface area contributed by atoms with Crippen molar-refractivity contribution in [3.63, 3.8) is 0 Å². The lowest BCUT2D eigenvalue weighted by molar-refractivity contribution is 0.300. The molecular weight excluding hydrogens is 399 g/mol. The van der Waals surface area contributed by atoms with E-state index in [1.807, 2.05) is 0 Å². The van der Waals surface area contributed by atoms with Gasteiger partial charge in [-0.05, 0) is 30.8 Å². The maximum absolute atomic E-state index is 13.9. The van der Waals surface area contributed by atoms with Crippen molar-refractivity contribution in [3.05, 3.63) is 63.4 Å². The largest absolute Gasteiger partial charge is 0.408 e. The predicted molar refractivity (Wildman–Crippen MR) is 82.3 cm³/mol. The molecular formula is C15H12BrF5OSi.